The summed E-state index contributed by atoms with van der Waals surface area (Å²) in [5.41, 5.74) is 0.914. The van der Waals surface area contributed by atoms with Crippen LogP contribution in [0.3, 0.4) is 0 Å². The van der Waals surface area contributed by atoms with Crippen molar-refractivity contribution in [3.05, 3.63) is 36.4 Å². The van der Waals surface area contributed by atoms with Crippen LogP contribution in [0.15, 0.2) is 30.7 Å². The fourth-order valence-corrected chi connectivity index (χ4v) is 4.86. The van der Waals surface area contributed by atoms with Crippen LogP contribution in [0, 0.1) is 0 Å². The molecule has 2 amide bonds. The summed E-state index contributed by atoms with van der Waals surface area (Å²) >= 11 is 0. The van der Waals surface area contributed by atoms with Gasteiger partial charge < -0.3 is 29.3 Å². The maximum Gasteiger partial charge on any atom is 0.410 e. The van der Waals surface area contributed by atoms with E-state index in [0.717, 1.165) is 36.7 Å². The lowest BCUT2D eigenvalue weighted by Crippen LogP contribution is -2.46. The second kappa shape index (κ2) is 11.3. The van der Waals surface area contributed by atoms with Gasteiger partial charge in [-0.15, -0.1) is 0 Å². The third-order valence-corrected chi connectivity index (χ3v) is 6.81. The standard InChI is InChI=1S/C28H37N7O5/c1-28(2,3)40-27(37)35(19-6-7-19)20-8-9-34(17-20)25-15-29-23(14-30-25)26(36)31-22-12-18-16-33(4)32-21(18)13-24(22)39-11-10-38-5/h12-16,19-20H,6-11,17H2,1-5H3,(H,31,36)/t20-/m1/s1. The van der Waals surface area contributed by atoms with Crippen molar-refractivity contribution < 1.29 is 23.8 Å². The number of carbonyl (C=O) groups excluding carboxylic acids is 2. The van der Waals surface area contributed by atoms with E-state index in [0.29, 0.717) is 37.0 Å². The molecule has 3 aromatic rings. The van der Waals surface area contributed by atoms with Gasteiger partial charge >= 0.3 is 6.09 Å². The van der Waals surface area contributed by atoms with Gasteiger partial charge in [-0.2, -0.15) is 5.10 Å². The number of rotatable bonds is 9. The van der Waals surface area contributed by atoms with E-state index in [9.17, 15) is 9.59 Å². The highest BCUT2D eigenvalue weighted by Gasteiger charge is 2.42. The molecular weight excluding hydrogens is 514 g/mol. The molecule has 1 aliphatic heterocycles. The van der Waals surface area contributed by atoms with E-state index >= 15 is 0 Å². The van der Waals surface area contributed by atoms with Crippen LogP contribution in [0.1, 0.15) is 50.5 Å². The van der Waals surface area contributed by atoms with Gasteiger partial charge in [-0.05, 0) is 46.1 Å². The van der Waals surface area contributed by atoms with Crippen molar-refractivity contribution in [3.8, 4) is 5.75 Å². The number of hydrogen-bond donors (Lipinski definition) is 1. The van der Waals surface area contributed by atoms with Gasteiger partial charge in [-0.25, -0.2) is 14.8 Å². The fourth-order valence-electron chi connectivity index (χ4n) is 4.86. The molecule has 0 spiro atoms. The number of benzene rings is 1. The van der Waals surface area contributed by atoms with Crippen molar-refractivity contribution in [2.45, 2.75) is 57.7 Å². The maximum absolute atomic E-state index is 13.1. The zero-order valence-electron chi connectivity index (χ0n) is 23.7. The molecule has 214 valence electrons. The van der Waals surface area contributed by atoms with Crippen molar-refractivity contribution in [2.75, 3.05) is 43.6 Å². The van der Waals surface area contributed by atoms with Gasteiger partial charge in [-0.1, -0.05) is 0 Å². The SMILES string of the molecule is COCCOc1cc2nn(C)cc2cc1NC(=O)c1cnc(N2CC[C@@H](N(C(=O)OC(C)(C)C)C3CC3)C2)cn1. The van der Waals surface area contributed by atoms with Crippen molar-refractivity contribution in [3.63, 3.8) is 0 Å². The number of hydrogen-bond acceptors (Lipinski definition) is 9. The van der Waals surface area contributed by atoms with Crippen molar-refractivity contribution in [2.24, 2.45) is 7.05 Å². The minimum Gasteiger partial charge on any atom is -0.489 e. The van der Waals surface area contributed by atoms with Gasteiger partial charge in [-0.3, -0.25) is 9.48 Å². The highest BCUT2D eigenvalue weighted by Crippen LogP contribution is 2.34. The van der Waals surface area contributed by atoms with Gasteiger partial charge in [0, 0.05) is 50.9 Å². The van der Waals surface area contributed by atoms with Crippen LogP contribution in [0.25, 0.3) is 10.9 Å². The average Bonchev–Trinajstić information content (AvgIpc) is 3.48. The monoisotopic (exact) mass is 551 g/mol. The first kappa shape index (κ1) is 27.6. The summed E-state index contributed by atoms with van der Waals surface area (Å²) in [6, 6.07) is 3.91. The van der Waals surface area contributed by atoms with Crippen LogP contribution in [0.5, 0.6) is 5.75 Å². The highest BCUT2D eigenvalue weighted by molar-refractivity contribution is 6.04. The summed E-state index contributed by atoms with van der Waals surface area (Å²) in [5, 5.41) is 8.19. The largest absolute Gasteiger partial charge is 0.489 e. The van der Waals surface area contributed by atoms with Gasteiger partial charge in [0.15, 0.2) is 0 Å². The molecule has 1 aromatic carbocycles. The first-order valence-corrected chi connectivity index (χ1v) is 13.6. The van der Waals surface area contributed by atoms with Crippen LogP contribution < -0.4 is 15.0 Å². The smallest absolute Gasteiger partial charge is 0.410 e. The van der Waals surface area contributed by atoms with Crippen LogP contribution >= 0.6 is 0 Å². The average molecular weight is 552 g/mol. The summed E-state index contributed by atoms with van der Waals surface area (Å²) in [6.45, 7) is 7.78. The molecule has 0 radical (unpaired) electrons. The normalized spacial score (nSPS) is 17.2. The van der Waals surface area contributed by atoms with E-state index < -0.39 is 11.5 Å². The summed E-state index contributed by atoms with van der Waals surface area (Å²) in [5.74, 6) is 0.761. The summed E-state index contributed by atoms with van der Waals surface area (Å²) < 4.78 is 18.3. The molecule has 0 unspecified atom stereocenters. The molecule has 1 saturated heterocycles. The Morgan fingerprint density at radius 3 is 2.58 bits per heavy atom. The molecule has 2 aliphatic rings. The number of aryl methyl sites for hydroxylation is 1. The second-order valence-electron chi connectivity index (χ2n) is 11.3. The Morgan fingerprint density at radius 1 is 1.10 bits per heavy atom. The number of fused-ring (bicyclic) bond motifs is 1. The molecule has 1 aliphatic carbocycles. The molecule has 1 saturated carbocycles. The third-order valence-electron chi connectivity index (χ3n) is 6.81. The van der Waals surface area contributed by atoms with Crippen LogP contribution in [0.2, 0.25) is 0 Å². The lowest BCUT2D eigenvalue weighted by atomic mass is 10.2. The quantitative estimate of drug-likeness (QED) is 0.397. The number of ether oxygens (including phenoxy) is 3. The van der Waals surface area contributed by atoms with E-state index in [-0.39, 0.29) is 23.9 Å². The van der Waals surface area contributed by atoms with Crippen LogP contribution in [0.4, 0.5) is 16.3 Å². The molecule has 0 bridgehead atoms. The number of nitrogens with one attached hydrogen (secondary N) is 1. The molecule has 1 N–H and O–H groups in total. The molecule has 1 atom stereocenters. The Hall–Kier alpha value is -3.93. The molecule has 12 nitrogen and oxygen atoms in total. The van der Waals surface area contributed by atoms with Gasteiger partial charge in [0.2, 0.25) is 0 Å². The molecule has 3 heterocycles. The first-order chi connectivity index (χ1) is 19.1. The van der Waals surface area contributed by atoms with Crippen LogP contribution in [-0.2, 0) is 16.5 Å². The molecule has 40 heavy (non-hydrogen) atoms. The van der Waals surface area contributed by atoms with E-state index in [2.05, 4.69) is 25.3 Å². The zero-order chi connectivity index (χ0) is 28.4. The van der Waals surface area contributed by atoms with Gasteiger partial charge in [0.25, 0.3) is 5.91 Å². The number of anilines is 2. The number of amides is 2. The van der Waals surface area contributed by atoms with Crippen molar-refractivity contribution >= 4 is 34.4 Å². The van der Waals surface area contributed by atoms with E-state index in [1.807, 2.05) is 45.0 Å². The Labute approximate surface area is 233 Å². The van der Waals surface area contributed by atoms with Crippen molar-refractivity contribution in [1.82, 2.24) is 24.6 Å². The summed E-state index contributed by atoms with van der Waals surface area (Å²) in [6.07, 6.45) is 7.52. The topological polar surface area (TPSA) is 124 Å². The summed E-state index contributed by atoms with van der Waals surface area (Å²) in [4.78, 5) is 38.9. The van der Waals surface area contributed by atoms with Crippen molar-refractivity contribution in [1.29, 1.82) is 0 Å². The van der Waals surface area contributed by atoms with Gasteiger partial charge in [0.1, 0.15) is 29.5 Å². The minimum absolute atomic E-state index is 0.0473. The summed E-state index contributed by atoms with van der Waals surface area (Å²) in [7, 11) is 3.44. The third kappa shape index (κ3) is 6.44. The number of aromatic nitrogens is 4. The Morgan fingerprint density at radius 2 is 1.90 bits per heavy atom. The molecule has 2 aromatic heterocycles. The highest BCUT2D eigenvalue weighted by atomic mass is 16.6. The van der Waals surface area contributed by atoms with Crippen LogP contribution in [-0.4, -0.2) is 87.7 Å². The first-order valence-electron chi connectivity index (χ1n) is 13.6. The lowest BCUT2D eigenvalue weighted by Gasteiger charge is -2.31. The zero-order valence-corrected chi connectivity index (χ0v) is 23.7. The van der Waals surface area contributed by atoms with E-state index in [1.54, 1.807) is 24.1 Å². The van der Waals surface area contributed by atoms with E-state index in [1.165, 1.54) is 6.20 Å². The maximum atomic E-state index is 13.1. The molecule has 5 rings (SSSR count). The predicted octanol–water partition coefficient (Wildman–Crippen LogP) is 3.62. The lowest BCUT2D eigenvalue weighted by molar-refractivity contribution is 0.0158. The van der Waals surface area contributed by atoms with Gasteiger partial charge in [0.05, 0.1) is 36.2 Å². The Bertz CT molecular complexity index is 1360. The Kier molecular flexibility index (Phi) is 7.79. The second-order valence-corrected chi connectivity index (χ2v) is 11.3. The number of methoxy groups -OCH3 is 1. The number of nitrogens with zero attached hydrogens (tertiary/aromatic N) is 6. The minimum atomic E-state index is -0.537. The Balaban J connectivity index is 1.25. The molecular formula is C28H37N7O5. The molecule has 12 heteroatoms. The molecule has 2 fully saturated rings. The number of carbonyl (C=O) groups is 2. The van der Waals surface area contributed by atoms with E-state index in [4.69, 9.17) is 14.2 Å². The predicted molar refractivity (Wildman–Crippen MR) is 150 cm³/mol. The fraction of sp³-hybridized carbons (Fsp3) is 0.536.